The Morgan fingerprint density at radius 3 is 2.22 bits per heavy atom. The Morgan fingerprint density at radius 1 is 1.09 bits per heavy atom. The highest BCUT2D eigenvalue weighted by Gasteiger charge is 2.26. The van der Waals surface area contributed by atoms with E-state index in [9.17, 15) is 14.9 Å². The van der Waals surface area contributed by atoms with Crippen LogP contribution in [0.5, 0.6) is 0 Å². The van der Waals surface area contributed by atoms with E-state index in [0.717, 1.165) is 36.9 Å². The minimum atomic E-state index is -0.524. The Morgan fingerprint density at radius 2 is 1.72 bits per heavy atom. The molecule has 1 amide bonds. The van der Waals surface area contributed by atoms with Gasteiger partial charge < -0.3 is 14.8 Å². The van der Waals surface area contributed by atoms with Crippen molar-refractivity contribution in [2.24, 2.45) is 0 Å². The van der Waals surface area contributed by atoms with Crippen molar-refractivity contribution in [1.82, 2.24) is 10.3 Å². The fourth-order valence-electron chi connectivity index (χ4n) is 3.83. The molecule has 1 unspecified atom stereocenters. The molecule has 7 nitrogen and oxygen atoms in total. The number of amides is 1. The van der Waals surface area contributed by atoms with E-state index in [4.69, 9.17) is 9.47 Å². The van der Waals surface area contributed by atoms with E-state index in [1.54, 1.807) is 6.20 Å². The molecule has 1 atom stereocenters. The summed E-state index contributed by atoms with van der Waals surface area (Å²) in [5, 5.41) is 12.5. The maximum absolute atomic E-state index is 12.0. The normalized spacial score (nSPS) is 20.0. The summed E-state index contributed by atoms with van der Waals surface area (Å²) in [7, 11) is 0. The molecular formula is C25H37N3O4. The Labute approximate surface area is 191 Å². The second-order valence-electron chi connectivity index (χ2n) is 10.5. The van der Waals surface area contributed by atoms with Crippen LogP contribution in [-0.2, 0) is 14.3 Å². The fourth-order valence-corrected chi connectivity index (χ4v) is 3.83. The van der Waals surface area contributed by atoms with Gasteiger partial charge >= 0.3 is 12.1 Å². The molecule has 1 aliphatic rings. The maximum Gasteiger partial charge on any atom is 0.407 e. The van der Waals surface area contributed by atoms with Crippen LogP contribution in [-0.4, -0.2) is 34.3 Å². The number of alkyl carbamates (subject to hydrolysis) is 1. The Balaban J connectivity index is 1.85. The molecule has 1 aliphatic carbocycles. The van der Waals surface area contributed by atoms with E-state index >= 15 is 0 Å². The molecule has 0 saturated heterocycles. The molecule has 1 aromatic rings. The van der Waals surface area contributed by atoms with Crippen molar-refractivity contribution in [3.05, 3.63) is 29.6 Å². The van der Waals surface area contributed by atoms with Crippen LogP contribution in [0.15, 0.2) is 18.3 Å². The number of ether oxygens (including phenoxy) is 2. The van der Waals surface area contributed by atoms with E-state index in [1.807, 2.05) is 53.7 Å². The first-order valence-electron chi connectivity index (χ1n) is 11.4. The zero-order valence-electron chi connectivity index (χ0n) is 20.2. The predicted octanol–water partition coefficient (Wildman–Crippen LogP) is 5.36. The van der Waals surface area contributed by atoms with Gasteiger partial charge in [-0.1, -0.05) is 6.07 Å². The molecule has 0 bridgehead atoms. The highest BCUT2D eigenvalue weighted by Crippen LogP contribution is 2.32. The van der Waals surface area contributed by atoms with Gasteiger partial charge in [0, 0.05) is 30.3 Å². The highest BCUT2D eigenvalue weighted by molar-refractivity contribution is 5.70. The minimum absolute atomic E-state index is 0.121. The first-order chi connectivity index (χ1) is 14.9. The molecule has 32 heavy (non-hydrogen) atoms. The second kappa shape index (κ2) is 10.8. The molecule has 1 aromatic heterocycles. The zero-order valence-corrected chi connectivity index (χ0v) is 20.2. The van der Waals surface area contributed by atoms with Crippen LogP contribution in [0, 0.1) is 11.3 Å². The van der Waals surface area contributed by atoms with Crippen molar-refractivity contribution in [2.75, 3.05) is 0 Å². The highest BCUT2D eigenvalue weighted by atomic mass is 16.6. The van der Waals surface area contributed by atoms with Gasteiger partial charge in [0.05, 0.1) is 12.0 Å². The minimum Gasteiger partial charge on any atom is -0.460 e. The van der Waals surface area contributed by atoms with E-state index in [2.05, 4.69) is 16.4 Å². The molecule has 1 heterocycles. The molecular weight excluding hydrogens is 406 g/mol. The molecule has 0 radical (unpaired) electrons. The molecule has 0 aromatic carbocycles. The van der Waals surface area contributed by atoms with E-state index in [1.165, 1.54) is 0 Å². The van der Waals surface area contributed by atoms with Crippen molar-refractivity contribution in [3.8, 4) is 6.07 Å². The van der Waals surface area contributed by atoms with Crippen molar-refractivity contribution >= 4 is 12.1 Å². The quantitative estimate of drug-likeness (QED) is 0.594. The number of nitrogens with zero attached hydrogens (tertiary/aromatic N) is 2. The van der Waals surface area contributed by atoms with E-state index in [-0.39, 0.29) is 24.5 Å². The summed E-state index contributed by atoms with van der Waals surface area (Å²) in [4.78, 5) is 28.5. The monoisotopic (exact) mass is 443 g/mol. The molecule has 1 fully saturated rings. The number of rotatable bonds is 6. The van der Waals surface area contributed by atoms with Crippen LogP contribution in [0.3, 0.4) is 0 Å². The number of hydrogen-bond donors (Lipinski definition) is 1. The summed E-state index contributed by atoms with van der Waals surface area (Å²) in [6, 6.07) is 6.32. The number of nitrogens with one attached hydrogen (secondary N) is 1. The van der Waals surface area contributed by atoms with Gasteiger partial charge in [0.2, 0.25) is 0 Å². The second-order valence-corrected chi connectivity index (χ2v) is 10.5. The third-order valence-corrected chi connectivity index (χ3v) is 5.29. The molecule has 0 aliphatic heterocycles. The molecule has 0 spiro atoms. The Bertz CT molecular complexity index is 808. The van der Waals surface area contributed by atoms with Crippen molar-refractivity contribution in [2.45, 2.75) is 109 Å². The van der Waals surface area contributed by atoms with Gasteiger partial charge in [0.1, 0.15) is 11.2 Å². The number of esters is 1. The summed E-state index contributed by atoms with van der Waals surface area (Å²) < 4.78 is 10.7. The lowest BCUT2D eigenvalue weighted by molar-refractivity contribution is -0.154. The number of pyridine rings is 1. The summed E-state index contributed by atoms with van der Waals surface area (Å²) in [5.41, 5.74) is 0.804. The predicted molar refractivity (Wildman–Crippen MR) is 122 cm³/mol. The first kappa shape index (κ1) is 25.6. The van der Waals surface area contributed by atoms with Crippen LogP contribution in [0.2, 0.25) is 0 Å². The van der Waals surface area contributed by atoms with Crippen molar-refractivity contribution in [1.29, 1.82) is 5.26 Å². The van der Waals surface area contributed by atoms with Gasteiger partial charge in [0.25, 0.3) is 0 Å². The molecule has 7 heteroatoms. The lowest BCUT2D eigenvalue weighted by Gasteiger charge is -2.30. The Hall–Kier alpha value is -2.62. The topological polar surface area (TPSA) is 101 Å². The molecule has 176 valence electrons. The van der Waals surface area contributed by atoms with Crippen molar-refractivity contribution in [3.63, 3.8) is 0 Å². The van der Waals surface area contributed by atoms with Gasteiger partial charge in [-0.3, -0.25) is 9.78 Å². The van der Waals surface area contributed by atoms with Gasteiger partial charge in [0.15, 0.2) is 0 Å². The number of nitriles is 1. The van der Waals surface area contributed by atoms with Gasteiger partial charge in [-0.05, 0) is 85.3 Å². The third kappa shape index (κ3) is 8.86. The van der Waals surface area contributed by atoms with Gasteiger partial charge in [-0.15, -0.1) is 0 Å². The summed E-state index contributed by atoms with van der Waals surface area (Å²) in [6.45, 7) is 11.1. The maximum atomic E-state index is 12.0. The lowest BCUT2D eigenvalue weighted by atomic mass is 9.83. The average molecular weight is 444 g/mol. The number of carbonyl (C=O) groups is 2. The average Bonchev–Trinajstić information content (AvgIpc) is 2.67. The van der Waals surface area contributed by atoms with Gasteiger partial charge in [-0.2, -0.15) is 5.26 Å². The fraction of sp³-hybridized carbons (Fsp3) is 0.680. The number of aromatic nitrogens is 1. The molecule has 1 saturated carbocycles. The van der Waals surface area contributed by atoms with Crippen LogP contribution < -0.4 is 5.32 Å². The summed E-state index contributed by atoms with van der Waals surface area (Å²) >= 11 is 0. The van der Waals surface area contributed by atoms with E-state index in [0.29, 0.717) is 12.3 Å². The van der Waals surface area contributed by atoms with Crippen LogP contribution in [0.4, 0.5) is 4.79 Å². The smallest absolute Gasteiger partial charge is 0.407 e. The van der Waals surface area contributed by atoms with E-state index < -0.39 is 17.1 Å². The first-order valence-corrected chi connectivity index (χ1v) is 11.4. The summed E-state index contributed by atoms with van der Waals surface area (Å²) in [5.74, 6) is -0.347. The molecule has 2 rings (SSSR count). The third-order valence-electron chi connectivity index (χ3n) is 5.29. The van der Waals surface area contributed by atoms with Crippen LogP contribution in [0.25, 0.3) is 0 Å². The largest absolute Gasteiger partial charge is 0.460 e. The standard InChI is InChI=1S/C25H37N3O4/c1-24(2,3)31-22(29)14-10-18(15-26)19-9-13-21(27-16-19)17-7-11-20(12-8-17)28-23(30)32-25(4,5)6/h9,13,16-18,20H,7-8,10-12,14H2,1-6H3,(H,28,30). The summed E-state index contributed by atoms with van der Waals surface area (Å²) in [6.07, 6.45) is 5.63. The number of hydrogen-bond acceptors (Lipinski definition) is 6. The SMILES string of the molecule is CC(C)(C)OC(=O)CCC(C#N)c1ccc(C2CCC(NC(=O)OC(C)(C)C)CC2)nc1. The van der Waals surface area contributed by atoms with Gasteiger partial charge in [-0.25, -0.2) is 4.79 Å². The van der Waals surface area contributed by atoms with Crippen LogP contribution >= 0.6 is 0 Å². The van der Waals surface area contributed by atoms with Crippen LogP contribution in [0.1, 0.15) is 103 Å². The number of carbonyl (C=O) groups excluding carboxylic acids is 2. The Kier molecular flexibility index (Phi) is 8.65. The zero-order chi connectivity index (χ0) is 23.9. The van der Waals surface area contributed by atoms with Crippen molar-refractivity contribution < 1.29 is 19.1 Å². The molecule has 1 N–H and O–H groups in total. The lowest BCUT2D eigenvalue weighted by Crippen LogP contribution is -2.40.